The molecule has 2 aromatic carbocycles. The van der Waals surface area contributed by atoms with Gasteiger partial charge in [0.15, 0.2) is 4.80 Å². The quantitative estimate of drug-likeness (QED) is 0.534. The molecule has 1 atom stereocenters. The molecular formula is C25H21ClN2O3S. The van der Waals surface area contributed by atoms with Gasteiger partial charge in [0.25, 0.3) is 5.56 Å². The SMILES string of the molecule is CCOC(=O)C1=C(C)N=c2s/c(=C/C=C/c3ccccc3)c(=O)n2[C@@H]1c1ccc(Cl)cc1. The molecule has 0 amide bonds. The molecule has 0 saturated heterocycles. The number of nitrogens with zero attached hydrogens (tertiary/aromatic N) is 2. The van der Waals surface area contributed by atoms with Crippen LogP contribution in [0.5, 0.6) is 0 Å². The fourth-order valence-corrected chi connectivity index (χ4v) is 4.70. The van der Waals surface area contributed by atoms with Gasteiger partial charge in [-0.1, -0.05) is 77.6 Å². The number of halogens is 1. The predicted molar refractivity (Wildman–Crippen MR) is 128 cm³/mol. The predicted octanol–water partition coefficient (Wildman–Crippen LogP) is 4.12. The normalized spacial score (nSPS) is 16.2. The van der Waals surface area contributed by atoms with Gasteiger partial charge in [0.2, 0.25) is 0 Å². The first kappa shape index (κ1) is 22.0. The van der Waals surface area contributed by atoms with Crippen molar-refractivity contribution >= 4 is 41.1 Å². The highest BCUT2D eigenvalue weighted by molar-refractivity contribution is 7.07. The van der Waals surface area contributed by atoms with E-state index in [2.05, 4.69) is 4.99 Å². The number of thiazole rings is 1. The first-order chi connectivity index (χ1) is 15.5. The average molecular weight is 465 g/mol. The van der Waals surface area contributed by atoms with E-state index in [1.807, 2.05) is 54.6 Å². The Hall–Kier alpha value is -3.22. The lowest BCUT2D eigenvalue weighted by atomic mass is 9.96. The van der Waals surface area contributed by atoms with Crippen LogP contribution in [0.3, 0.4) is 0 Å². The number of ether oxygens (including phenoxy) is 1. The van der Waals surface area contributed by atoms with Gasteiger partial charge in [-0.2, -0.15) is 0 Å². The van der Waals surface area contributed by atoms with E-state index in [4.69, 9.17) is 16.3 Å². The second kappa shape index (κ2) is 9.51. The van der Waals surface area contributed by atoms with E-state index in [-0.39, 0.29) is 12.2 Å². The smallest absolute Gasteiger partial charge is 0.338 e. The molecule has 0 saturated carbocycles. The summed E-state index contributed by atoms with van der Waals surface area (Å²) in [5.74, 6) is -0.480. The standard InChI is InChI=1S/C25H21ClN2O3S/c1-3-31-24(30)21-16(2)27-25-28(22(21)18-12-14-19(26)15-13-18)23(29)20(32-25)11-7-10-17-8-5-4-6-9-17/h4-15,22H,3H2,1-2H3/b10-7+,20-11+/t22-/m1/s1. The molecule has 2 heterocycles. The number of hydrogen-bond donors (Lipinski definition) is 0. The Kier molecular flexibility index (Phi) is 6.53. The van der Waals surface area contributed by atoms with Crippen LogP contribution in [0.2, 0.25) is 5.02 Å². The summed E-state index contributed by atoms with van der Waals surface area (Å²) in [5, 5.41) is 0.575. The molecule has 3 aromatic rings. The van der Waals surface area contributed by atoms with Crippen molar-refractivity contribution < 1.29 is 9.53 Å². The number of benzene rings is 2. The van der Waals surface area contributed by atoms with Gasteiger partial charge in [0.05, 0.1) is 28.5 Å². The molecular weight excluding hydrogens is 444 g/mol. The number of rotatable bonds is 5. The molecule has 4 rings (SSSR count). The van der Waals surface area contributed by atoms with Crippen LogP contribution in [0, 0.1) is 0 Å². The van der Waals surface area contributed by atoms with Crippen LogP contribution in [0.25, 0.3) is 12.2 Å². The van der Waals surface area contributed by atoms with Crippen LogP contribution in [0.15, 0.2) is 81.7 Å². The summed E-state index contributed by atoms with van der Waals surface area (Å²) in [5.41, 5.74) is 2.49. The van der Waals surface area contributed by atoms with Gasteiger partial charge >= 0.3 is 5.97 Å². The number of hydrogen-bond acceptors (Lipinski definition) is 5. The van der Waals surface area contributed by atoms with Gasteiger partial charge in [0.1, 0.15) is 0 Å². The van der Waals surface area contributed by atoms with E-state index in [0.29, 0.717) is 25.6 Å². The van der Waals surface area contributed by atoms with Crippen LogP contribution in [0.4, 0.5) is 0 Å². The first-order valence-electron chi connectivity index (χ1n) is 10.2. The lowest BCUT2D eigenvalue weighted by Gasteiger charge is -2.24. The van der Waals surface area contributed by atoms with E-state index < -0.39 is 12.0 Å². The van der Waals surface area contributed by atoms with Crippen LogP contribution in [-0.4, -0.2) is 17.1 Å². The second-order valence-electron chi connectivity index (χ2n) is 7.15. The van der Waals surface area contributed by atoms with Crippen LogP contribution in [-0.2, 0) is 9.53 Å². The highest BCUT2D eigenvalue weighted by Gasteiger charge is 2.33. The van der Waals surface area contributed by atoms with E-state index in [0.717, 1.165) is 11.1 Å². The first-order valence-corrected chi connectivity index (χ1v) is 11.4. The number of carbonyl (C=O) groups excluding carboxylic acids is 1. The van der Waals surface area contributed by atoms with Gasteiger partial charge < -0.3 is 4.74 Å². The fraction of sp³-hybridized carbons (Fsp3) is 0.160. The van der Waals surface area contributed by atoms with Crippen LogP contribution < -0.4 is 14.9 Å². The third kappa shape index (κ3) is 4.38. The average Bonchev–Trinajstić information content (AvgIpc) is 3.09. The van der Waals surface area contributed by atoms with Crippen molar-refractivity contribution in [3.63, 3.8) is 0 Å². The minimum absolute atomic E-state index is 0.208. The van der Waals surface area contributed by atoms with Gasteiger partial charge in [-0.3, -0.25) is 9.36 Å². The molecule has 0 fully saturated rings. The third-order valence-electron chi connectivity index (χ3n) is 5.04. The van der Waals surface area contributed by atoms with E-state index in [9.17, 15) is 9.59 Å². The maximum atomic E-state index is 13.4. The van der Waals surface area contributed by atoms with Crippen molar-refractivity contribution in [3.05, 3.63) is 108 Å². The van der Waals surface area contributed by atoms with Gasteiger partial charge in [-0.05, 0) is 43.2 Å². The zero-order valence-electron chi connectivity index (χ0n) is 17.6. The zero-order chi connectivity index (χ0) is 22.7. The number of fused-ring (bicyclic) bond motifs is 1. The molecule has 1 aliphatic heterocycles. The van der Waals surface area contributed by atoms with Crippen LogP contribution >= 0.6 is 22.9 Å². The summed E-state index contributed by atoms with van der Waals surface area (Å²) in [7, 11) is 0. The van der Waals surface area contributed by atoms with Crippen molar-refractivity contribution in [1.82, 2.24) is 4.57 Å². The van der Waals surface area contributed by atoms with Crippen molar-refractivity contribution in [1.29, 1.82) is 0 Å². The Balaban J connectivity index is 1.86. The molecule has 162 valence electrons. The summed E-state index contributed by atoms with van der Waals surface area (Å²) < 4.78 is 7.39. The maximum absolute atomic E-state index is 13.4. The van der Waals surface area contributed by atoms with Crippen molar-refractivity contribution in [2.75, 3.05) is 6.61 Å². The second-order valence-corrected chi connectivity index (χ2v) is 8.59. The van der Waals surface area contributed by atoms with Crippen molar-refractivity contribution in [2.24, 2.45) is 4.99 Å². The molecule has 0 bridgehead atoms. The molecule has 0 unspecified atom stereocenters. The highest BCUT2D eigenvalue weighted by Crippen LogP contribution is 2.31. The third-order valence-corrected chi connectivity index (χ3v) is 6.29. The Labute approximate surface area is 194 Å². The van der Waals surface area contributed by atoms with Gasteiger partial charge in [-0.15, -0.1) is 0 Å². The van der Waals surface area contributed by atoms with E-state index >= 15 is 0 Å². The molecule has 0 N–H and O–H groups in total. The molecule has 0 radical (unpaired) electrons. The highest BCUT2D eigenvalue weighted by atomic mass is 35.5. The Morgan fingerprint density at radius 2 is 1.91 bits per heavy atom. The largest absolute Gasteiger partial charge is 0.463 e. The molecule has 32 heavy (non-hydrogen) atoms. The Bertz CT molecular complexity index is 1380. The van der Waals surface area contributed by atoms with Crippen molar-refractivity contribution in [2.45, 2.75) is 19.9 Å². The van der Waals surface area contributed by atoms with Gasteiger partial charge in [-0.25, -0.2) is 9.79 Å². The number of allylic oxidation sites excluding steroid dienone is 2. The minimum Gasteiger partial charge on any atom is -0.463 e. The summed E-state index contributed by atoms with van der Waals surface area (Å²) >= 11 is 7.36. The molecule has 7 heteroatoms. The molecule has 0 aliphatic carbocycles. The Morgan fingerprint density at radius 1 is 1.19 bits per heavy atom. The summed E-state index contributed by atoms with van der Waals surface area (Å²) in [6.07, 6.45) is 5.56. The molecule has 0 spiro atoms. The molecule has 1 aliphatic rings. The molecule has 1 aromatic heterocycles. The van der Waals surface area contributed by atoms with Crippen LogP contribution in [0.1, 0.15) is 31.0 Å². The van der Waals surface area contributed by atoms with Crippen molar-refractivity contribution in [3.8, 4) is 0 Å². The number of esters is 1. The molecule has 5 nitrogen and oxygen atoms in total. The zero-order valence-corrected chi connectivity index (χ0v) is 19.2. The lowest BCUT2D eigenvalue weighted by molar-refractivity contribution is -0.139. The maximum Gasteiger partial charge on any atom is 0.338 e. The topological polar surface area (TPSA) is 60.7 Å². The van der Waals surface area contributed by atoms with Gasteiger partial charge in [0, 0.05) is 5.02 Å². The summed E-state index contributed by atoms with van der Waals surface area (Å²) in [6.45, 7) is 3.75. The minimum atomic E-state index is -0.636. The fourth-order valence-electron chi connectivity index (χ4n) is 3.58. The number of aromatic nitrogens is 1. The monoisotopic (exact) mass is 464 g/mol. The summed E-state index contributed by atoms with van der Waals surface area (Å²) in [6, 6.07) is 16.3. The van der Waals surface area contributed by atoms with E-state index in [1.54, 1.807) is 36.6 Å². The van der Waals surface area contributed by atoms with E-state index in [1.165, 1.54) is 11.3 Å². The summed E-state index contributed by atoms with van der Waals surface area (Å²) in [4.78, 5) is 31.3. The Morgan fingerprint density at radius 3 is 2.59 bits per heavy atom. The number of carbonyl (C=O) groups is 1. The lowest BCUT2D eigenvalue weighted by Crippen LogP contribution is -2.39.